The Morgan fingerprint density at radius 1 is 1.00 bits per heavy atom. The number of phenolic OH excluding ortho intramolecular Hbond substituents is 2. The van der Waals surface area contributed by atoms with Crippen molar-refractivity contribution in [2.24, 2.45) is 0 Å². The molecule has 0 heterocycles. The summed E-state index contributed by atoms with van der Waals surface area (Å²) in [5.41, 5.74) is 1.51. The molecule has 15 heavy (non-hydrogen) atoms. The van der Waals surface area contributed by atoms with E-state index < -0.39 is 5.97 Å². The fourth-order valence-electron chi connectivity index (χ4n) is 1.48. The van der Waals surface area contributed by atoms with Crippen LogP contribution in [0.2, 0.25) is 0 Å². The van der Waals surface area contributed by atoms with Crippen molar-refractivity contribution in [3.8, 4) is 11.5 Å². The van der Waals surface area contributed by atoms with Crippen molar-refractivity contribution in [1.29, 1.82) is 0 Å². The van der Waals surface area contributed by atoms with Crippen LogP contribution in [0.3, 0.4) is 0 Å². The highest BCUT2D eigenvalue weighted by atomic mass is 16.5. The van der Waals surface area contributed by atoms with Gasteiger partial charge in [0, 0.05) is 5.56 Å². The molecule has 0 aliphatic carbocycles. The van der Waals surface area contributed by atoms with E-state index in [-0.39, 0.29) is 17.1 Å². The molecule has 0 aliphatic rings. The van der Waals surface area contributed by atoms with Gasteiger partial charge in [-0.25, -0.2) is 4.79 Å². The summed E-state index contributed by atoms with van der Waals surface area (Å²) >= 11 is 0. The van der Waals surface area contributed by atoms with E-state index in [2.05, 4.69) is 4.74 Å². The molecule has 1 aromatic carbocycles. The molecule has 82 valence electrons. The Balaban J connectivity index is 3.60. The zero-order valence-electron chi connectivity index (χ0n) is 9.21. The Kier molecular flexibility index (Phi) is 2.88. The minimum absolute atomic E-state index is 0.0117. The van der Waals surface area contributed by atoms with Gasteiger partial charge >= 0.3 is 5.97 Å². The van der Waals surface area contributed by atoms with Crippen molar-refractivity contribution in [3.63, 3.8) is 0 Å². The third-order valence-corrected chi connectivity index (χ3v) is 2.63. The van der Waals surface area contributed by atoms with E-state index in [0.717, 1.165) is 0 Å². The summed E-state index contributed by atoms with van der Waals surface area (Å²) in [6.07, 6.45) is 0. The predicted octanol–water partition coefficient (Wildman–Crippen LogP) is 1.81. The second-order valence-electron chi connectivity index (χ2n) is 3.44. The molecule has 0 fully saturated rings. The molecule has 4 nitrogen and oxygen atoms in total. The molecule has 0 spiro atoms. The molecule has 2 N–H and O–H groups in total. The maximum absolute atomic E-state index is 11.4. The maximum Gasteiger partial charge on any atom is 0.341 e. The first-order chi connectivity index (χ1) is 6.91. The van der Waals surface area contributed by atoms with Gasteiger partial charge < -0.3 is 14.9 Å². The number of hydrogen-bond donors (Lipinski definition) is 2. The number of rotatable bonds is 1. The van der Waals surface area contributed by atoms with Crippen molar-refractivity contribution in [2.75, 3.05) is 7.11 Å². The Bertz CT molecular complexity index is 392. The second kappa shape index (κ2) is 3.81. The smallest absolute Gasteiger partial charge is 0.341 e. The van der Waals surface area contributed by atoms with Crippen LogP contribution in [-0.4, -0.2) is 23.3 Å². The third-order valence-electron chi connectivity index (χ3n) is 2.63. The molecule has 1 rings (SSSR count). The Morgan fingerprint density at radius 2 is 1.53 bits per heavy atom. The van der Waals surface area contributed by atoms with E-state index in [1.807, 2.05) is 0 Å². The van der Waals surface area contributed by atoms with Gasteiger partial charge in [-0.15, -0.1) is 0 Å². The van der Waals surface area contributed by atoms with Crippen molar-refractivity contribution in [2.45, 2.75) is 20.8 Å². The van der Waals surface area contributed by atoms with E-state index in [1.54, 1.807) is 20.8 Å². The lowest BCUT2D eigenvalue weighted by Gasteiger charge is -2.13. The average molecular weight is 210 g/mol. The first kappa shape index (κ1) is 11.4. The summed E-state index contributed by atoms with van der Waals surface area (Å²) in [7, 11) is 1.25. The van der Waals surface area contributed by atoms with E-state index in [9.17, 15) is 15.0 Å². The van der Waals surface area contributed by atoms with Gasteiger partial charge in [-0.05, 0) is 31.9 Å². The quantitative estimate of drug-likeness (QED) is 0.694. The van der Waals surface area contributed by atoms with Crippen LogP contribution in [0.1, 0.15) is 27.0 Å². The van der Waals surface area contributed by atoms with Gasteiger partial charge in [-0.2, -0.15) is 0 Å². The van der Waals surface area contributed by atoms with Crippen LogP contribution in [0, 0.1) is 20.8 Å². The second-order valence-corrected chi connectivity index (χ2v) is 3.44. The molecule has 0 amide bonds. The zero-order chi connectivity index (χ0) is 11.7. The monoisotopic (exact) mass is 210 g/mol. The van der Waals surface area contributed by atoms with Gasteiger partial charge in [0.05, 0.1) is 7.11 Å². The highest BCUT2D eigenvalue weighted by Gasteiger charge is 2.21. The maximum atomic E-state index is 11.4. The van der Waals surface area contributed by atoms with Crippen molar-refractivity contribution in [1.82, 2.24) is 0 Å². The summed E-state index contributed by atoms with van der Waals surface area (Å²) < 4.78 is 4.57. The standard InChI is InChI=1S/C11H14O4/c1-5-6(2)9(12)7(3)10(13)8(5)11(14)15-4/h12-13H,1-4H3. The molecule has 0 saturated heterocycles. The van der Waals surface area contributed by atoms with Crippen LogP contribution >= 0.6 is 0 Å². The molecule has 1 aromatic rings. The van der Waals surface area contributed by atoms with Gasteiger partial charge in [0.2, 0.25) is 0 Å². The molecule has 0 saturated carbocycles. The third kappa shape index (κ3) is 1.63. The van der Waals surface area contributed by atoms with Crippen LogP contribution in [0.15, 0.2) is 0 Å². The Morgan fingerprint density at radius 3 is 2.00 bits per heavy atom. The number of phenols is 2. The summed E-state index contributed by atoms with van der Waals surface area (Å²) in [4.78, 5) is 11.4. The minimum Gasteiger partial charge on any atom is -0.507 e. The Labute approximate surface area is 88.1 Å². The highest BCUT2D eigenvalue weighted by Crippen LogP contribution is 2.36. The van der Waals surface area contributed by atoms with Crippen molar-refractivity contribution >= 4 is 5.97 Å². The molecule has 0 aliphatic heterocycles. The van der Waals surface area contributed by atoms with Crippen molar-refractivity contribution < 1.29 is 19.7 Å². The number of esters is 1. The molecule has 4 heteroatoms. The van der Waals surface area contributed by atoms with Gasteiger partial charge in [0.25, 0.3) is 0 Å². The van der Waals surface area contributed by atoms with E-state index >= 15 is 0 Å². The normalized spacial score (nSPS) is 10.1. The molecule has 0 radical (unpaired) electrons. The van der Waals surface area contributed by atoms with Crippen LogP contribution < -0.4 is 0 Å². The van der Waals surface area contributed by atoms with Crippen LogP contribution in [0.25, 0.3) is 0 Å². The zero-order valence-corrected chi connectivity index (χ0v) is 9.21. The minimum atomic E-state index is -0.601. The lowest BCUT2D eigenvalue weighted by atomic mass is 9.97. The number of benzene rings is 1. The summed E-state index contributed by atoms with van der Waals surface area (Å²) in [6, 6.07) is 0. The van der Waals surface area contributed by atoms with Gasteiger partial charge in [-0.1, -0.05) is 0 Å². The number of carbonyl (C=O) groups excluding carboxylic acids is 1. The predicted molar refractivity (Wildman–Crippen MR) is 55.3 cm³/mol. The van der Waals surface area contributed by atoms with Gasteiger partial charge in [0.1, 0.15) is 17.1 Å². The van der Waals surface area contributed by atoms with Crippen molar-refractivity contribution in [3.05, 3.63) is 22.3 Å². The first-order valence-corrected chi connectivity index (χ1v) is 4.51. The lowest BCUT2D eigenvalue weighted by Crippen LogP contribution is -2.06. The number of methoxy groups -OCH3 is 1. The first-order valence-electron chi connectivity index (χ1n) is 4.51. The SMILES string of the molecule is COC(=O)c1c(C)c(C)c(O)c(C)c1O. The summed E-state index contributed by atoms with van der Waals surface area (Å²) in [5, 5.41) is 19.4. The average Bonchev–Trinajstić information content (AvgIpc) is 2.23. The van der Waals surface area contributed by atoms with Crippen LogP contribution in [-0.2, 0) is 4.74 Å². The summed E-state index contributed by atoms with van der Waals surface area (Å²) in [5.74, 6) is -0.809. The number of carbonyl (C=O) groups is 1. The van der Waals surface area contributed by atoms with Gasteiger partial charge in [0.15, 0.2) is 0 Å². The van der Waals surface area contributed by atoms with Crippen LogP contribution in [0.5, 0.6) is 11.5 Å². The fourth-order valence-corrected chi connectivity index (χ4v) is 1.48. The van der Waals surface area contributed by atoms with E-state index in [1.165, 1.54) is 7.11 Å². The van der Waals surface area contributed by atoms with E-state index in [4.69, 9.17) is 0 Å². The highest BCUT2D eigenvalue weighted by molar-refractivity contribution is 5.95. The Hall–Kier alpha value is -1.71. The largest absolute Gasteiger partial charge is 0.507 e. The van der Waals surface area contributed by atoms with E-state index in [0.29, 0.717) is 16.7 Å². The number of hydrogen-bond acceptors (Lipinski definition) is 4. The molecule has 0 aromatic heterocycles. The lowest BCUT2D eigenvalue weighted by molar-refractivity contribution is 0.0596. The number of aromatic hydroxyl groups is 2. The fraction of sp³-hybridized carbons (Fsp3) is 0.364. The molecular formula is C11H14O4. The molecule has 0 atom stereocenters. The molecule has 0 bridgehead atoms. The molecular weight excluding hydrogens is 196 g/mol. The number of ether oxygens (including phenoxy) is 1. The summed E-state index contributed by atoms with van der Waals surface area (Å²) in [6.45, 7) is 4.88. The van der Waals surface area contributed by atoms with Crippen LogP contribution in [0.4, 0.5) is 0 Å². The van der Waals surface area contributed by atoms with Gasteiger partial charge in [-0.3, -0.25) is 0 Å². The topological polar surface area (TPSA) is 66.8 Å². The molecule has 0 unspecified atom stereocenters.